The molecule has 0 bridgehead atoms. The summed E-state index contributed by atoms with van der Waals surface area (Å²) in [6.07, 6.45) is 3.69. The minimum absolute atomic E-state index is 0.152. The molecule has 2 heterocycles. The summed E-state index contributed by atoms with van der Waals surface area (Å²) in [5.74, 6) is -1.70. The summed E-state index contributed by atoms with van der Waals surface area (Å²) >= 11 is 0. The van der Waals surface area contributed by atoms with Crippen molar-refractivity contribution >= 4 is 12.3 Å². The Balaban J connectivity index is 2.45. The fourth-order valence-electron chi connectivity index (χ4n) is 1.23. The minimum atomic E-state index is -1.18. The number of hydrogen-bond donors (Lipinski definition) is 1. The van der Waals surface area contributed by atoms with Gasteiger partial charge in [-0.25, -0.2) is 19.2 Å². The Kier molecular flexibility index (Phi) is 2.65. The van der Waals surface area contributed by atoms with E-state index in [-0.39, 0.29) is 17.1 Å². The number of carboxylic acids is 1. The van der Waals surface area contributed by atoms with Crippen LogP contribution in [0.2, 0.25) is 0 Å². The van der Waals surface area contributed by atoms with Crippen LogP contribution in [0.15, 0.2) is 24.8 Å². The van der Waals surface area contributed by atoms with Crippen molar-refractivity contribution in [1.29, 1.82) is 0 Å². The van der Waals surface area contributed by atoms with Gasteiger partial charge < -0.3 is 5.11 Å². The quantitative estimate of drug-likeness (QED) is 0.799. The van der Waals surface area contributed by atoms with E-state index >= 15 is 0 Å². The number of imidazole rings is 1. The van der Waals surface area contributed by atoms with Crippen molar-refractivity contribution in [3.8, 4) is 5.82 Å². The molecule has 0 radical (unpaired) electrons. The highest BCUT2D eigenvalue weighted by atomic mass is 19.1. The molecule has 0 fully saturated rings. The molecule has 7 heteroatoms. The van der Waals surface area contributed by atoms with Crippen molar-refractivity contribution in [2.24, 2.45) is 0 Å². The van der Waals surface area contributed by atoms with Gasteiger partial charge in [0.1, 0.15) is 12.1 Å². The van der Waals surface area contributed by atoms with Gasteiger partial charge in [0.15, 0.2) is 17.8 Å². The summed E-state index contributed by atoms with van der Waals surface area (Å²) in [7, 11) is 0. The van der Waals surface area contributed by atoms with E-state index in [1.165, 1.54) is 23.2 Å². The Labute approximate surface area is 94.4 Å². The van der Waals surface area contributed by atoms with Gasteiger partial charge >= 0.3 is 5.97 Å². The number of aromatic carboxylic acids is 1. The van der Waals surface area contributed by atoms with E-state index in [1.807, 2.05) is 0 Å². The molecule has 2 aromatic heterocycles. The molecule has 6 nitrogen and oxygen atoms in total. The Morgan fingerprint density at radius 2 is 2.24 bits per heavy atom. The fraction of sp³-hybridized carbons (Fsp3) is 0. The van der Waals surface area contributed by atoms with E-state index in [0.29, 0.717) is 6.29 Å². The van der Waals surface area contributed by atoms with Gasteiger partial charge in [-0.05, 0) is 6.07 Å². The molecule has 2 aromatic rings. The number of nitrogens with zero attached hydrogens (tertiary/aromatic N) is 3. The lowest BCUT2D eigenvalue weighted by atomic mass is 10.3. The highest BCUT2D eigenvalue weighted by Crippen LogP contribution is 2.10. The molecule has 17 heavy (non-hydrogen) atoms. The summed E-state index contributed by atoms with van der Waals surface area (Å²) in [6.45, 7) is 0. The van der Waals surface area contributed by atoms with Crippen LogP contribution in [-0.2, 0) is 0 Å². The Morgan fingerprint density at radius 3 is 2.82 bits per heavy atom. The summed E-state index contributed by atoms with van der Waals surface area (Å²) in [4.78, 5) is 28.5. The maximum absolute atomic E-state index is 13.0. The Bertz CT molecular complexity index is 594. The molecule has 0 aliphatic rings. The number of carbonyl (C=O) groups excluding carboxylic acids is 1. The van der Waals surface area contributed by atoms with Crippen LogP contribution in [0.3, 0.4) is 0 Å². The predicted octanol–water partition coefficient (Wildman–Crippen LogP) is 0.917. The monoisotopic (exact) mass is 235 g/mol. The van der Waals surface area contributed by atoms with E-state index in [9.17, 15) is 14.0 Å². The molecular weight excluding hydrogens is 229 g/mol. The van der Waals surface area contributed by atoms with Gasteiger partial charge in [0.2, 0.25) is 0 Å². The van der Waals surface area contributed by atoms with Crippen LogP contribution in [0.5, 0.6) is 0 Å². The lowest BCUT2D eigenvalue weighted by molar-refractivity contribution is 0.0691. The summed E-state index contributed by atoms with van der Waals surface area (Å²) in [5, 5.41) is 8.68. The van der Waals surface area contributed by atoms with Gasteiger partial charge in [0.05, 0.1) is 11.8 Å². The van der Waals surface area contributed by atoms with E-state index in [0.717, 1.165) is 6.20 Å². The van der Waals surface area contributed by atoms with Crippen molar-refractivity contribution in [2.45, 2.75) is 0 Å². The van der Waals surface area contributed by atoms with Gasteiger partial charge in [-0.2, -0.15) is 0 Å². The number of hydrogen-bond acceptors (Lipinski definition) is 4. The van der Waals surface area contributed by atoms with E-state index in [1.54, 1.807) is 0 Å². The lowest BCUT2D eigenvalue weighted by Gasteiger charge is -2.01. The Hall–Kier alpha value is -2.57. The normalized spacial score (nSPS) is 10.2. The maximum atomic E-state index is 13.0. The zero-order valence-corrected chi connectivity index (χ0v) is 8.37. The summed E-state index contributed by atoms with van der Waals surface area (Å²) in [5.41, 5.74) is -0.315. The second-order valence-electron chi connectivity index (χ2n) is 3.15. The largest absolute Gasteiger partial charge is 0.476 e. The molecule has 0 atom stereocenters. The number of aromatic nitrogens is 3. The molecule has 2 rings (SSSR count). The smallest absolute Gasteiger partial charge is 0.356 e. The average Bonchev–Trinajstić information content (AvgIpc) is 2.79. The fourth-order valence-corrected chi connectivity index (χ4v) is 1.23. The van der Waals surface area contributed by atoms with Crippen molar-refractivity contribution in [1.82, 2.24) is 14.5 Å². The van der Waals surface area contributed by atoms with Gasteiger partial charge in [-0.1, -0.05) is 0 Å². The third-order valence-corrected chi connectivity index (χ3v) is 2.06. The standard InChI is InChI=1S/C10H6FN3O3/c11-7-2-12-9(1-6(7)4-15)14-3-8(10(16)17)13-5-14/h1-5H,(H,16,17). The van der Waals surface area contributed by atoms with Crippen molar-refractivity contribution in [3.63, 3.8) is 0 Å². The third kappa shape index (κ3) is 2.03. The third-order valence-electron chi connectivity index (χ3n) is 2.06. The number of pyridine rings is 1. The zero-order chi connectivity index (χ0) is 12.4. The van der Waals surface area contributed by atoms with Crippen LogP contribution >= 0.6 is 0 Å². The van der Waals surface area contributed by atoms with E-state index in [4.69, 9.17) is 5.11 Å². The van der Waals surface area contributed by atoms with E-state index in [2.05, 4.69) is 9.97 Å². The molecule has 0 aliphatic carbocycles. The van der Waals surface area contributed by atoms with Gasteiger partial charge in [-0.3, -0.25) is 9.36 Å². The number of aldehydes is 1. The number of rotatable bonds is 3. The van der Waals surface area contributed by atoms with Crippen molar-refractivity contribution in [3.05, 3.63) is 41.9 Å². The van der Waals surface area contributed by atoms with Gasteiger partial charge in [-0.15, -0.1) is 0 Å². The number of carboxylic acid groups (broad SMARTS) is 1. The second-order valence-corrected chi connectivity index (χ2v) is 3.15. The van der Waals surface area contributed by atoms with Crippen LogP contribution in [0.25, 0.3) is 5.82 Å². The topological polar surface area (TPSA) is 85.1 Å². The van der Waals surface area contributed by atoms with Crippen LogP contribution in [0.1, 0.15) is 20.8 Å². The molecule has 1 N–H and O–H groups in total. The molecule has 0 aromatic carbocycles. The summed E-state index contributed by atoms with van der Waals surface area (Å²) in [6, 6.07) is 1.20. The first kappa shape index (κ1) is 10.9. The van der Waals surface area contributed by atoms with Crippen LogP contribution in [-0.4, -0.2) is 31.9 Å². The molecule has 0 saturated carbocycles. The second kappa shape index (κ2) is 4.12. The molecule has 86 valence electrons. The Morgan fingerprint density at radius 1 is 1.47 bits per heavy atom. The van der Waals surface area contributed by atoms with Crippen LogP contribution < -0.4 is 0 Å². The number of carbonyl (C=O) groups is 2. The number of halogens is 1. The first-order valence-electron chi connectivity index (χ1n) is 4.50. The van der Waals surface area contributed by atoms with Crippen molar-refractivity contribution < 1.29 is 19.1 Å². The average molecular weight is 235 g/mol. The first-order valence-corrected chi connectivity index (χ1v) is 4.50. The lowest BCUT2D eigenvalue weighted by Crippen LogP contribution is -1.99. The van der Waals surface area contributed by atoms with Gasteiger partial charge in [0.25, 0.3) is 0 Å². The molecule has 0 saturated heterocycles. The predicted molar refractivity (Wildman–Crippen MR) is 53.7 cm³/mol. The van der Waals surface area contributed by atoms with Crippen LogP contribution in [0.4, 0.5) is 4.39 Å². The van der Waals surface area contributed by atoms with E-state index < -0.39 is 11.8 Å². The molecular formula is C10H6FN3O3. The first-order chi connectivity index (χ1) is 8.11. The maximum Gasteiger partial charge on any atom is 0.356 e. The SMILES string of the molecule is O=Cc1cc(-n2cnc(C(=O)O)c2)ncc1F. The zero-order valence-electron chi connectivity index (χ0n) is 8.37. The summed E-state index contributed by atoms with van der Waals surface area (Å²) < 4.78 is 14.3. The molecule has 0 amide bonds. The van der Waals surface area contributed by atoms with Crippen molar-refractivity contribution in [2.75, 3.05) is 0 Å². The van der Waals surface area contributed by atoms with Gasteiger partial charge in [0, 0.05) is 6.20 Å². The minimum Gasteiger partial charge on any atom is -0.476 e. The van der Waals surface area contributed by atoms with Crippen LogP contribution in [0, 0.1) is 5.82 Å². The molecule has 0 spiro atoms. The highest BCUT2D eigenvalue weighted by molar-refractivity contribution is 5.85. The molecule has 0 unspecified atom stereocenters. The molecule has 0 aliphatic heterocycles. The highest BCUT2D eigenvalue weighted by Gasteiger charge is 2.10.